The number of nitrogens with zero attached hydrogens (tertiary/aromatic N) is 5. The molecule has 0 saturated carbocycles. The molecule has 2 aromatic rings. The van der Waals surface area contributed by atoms with Crippen molar-refractivity contribution in [2.24, 2.45) is 0 Å². The highest BCUT2D eigenvalue weighted by Crippen LogP contribution is 2.49. The molecule has 13 nitrogen and oxygen atoms in total. The van der Waals surface area contributed by atoms with Gasteiger partial charge < -0.3 is 29.7 Å². The summed E-state index contributed by atoms with van der Waals surface area (Å²) in [5.74, 6) is -3.47. The fourth-order valence-electron chi connectivity index (χ4n) is 3.97. The van der Waals surface area contributed by atoms with Crippen LogP contribution in [0.1, 0.15) is 47.8 Å². The predicted octanol–water partition coefficient (Wildman–Crippen LogP) is 1.87. The van der Waals surface area contributed by atoms with Gasteiger partial charge in [0.25, 0.3) is 14.0 Å². The van der Waals surface area contributed by atoms with Gasteiger partial charge in [-0.05, 0) is 41.5 Å². The van der Waals surface area contributed by atoms with E-state index in [1.165, 1.54) is 13.3 Å². The van der Waals surface area contributed by atoms with Gasteiger partial charge >= 0.3 is 5.97 Å². The number of esters is 1. The van der Waals surface area contributed by atoms with E-state index >= 15 is 8.78 Å². The number of hydrogen-bond acceptors (Lipinski definition) is 11. The summed E-state index contributed by atoms with van der Waals surface area (Å²) in [5.41, 5.74) is 3.56. The van der Waals surface area contributed by atoms with Crippen LogP contribution < -0.4 is 15.7 Å². The number of fused-ring (bicyclic) bond motifs is 1. The number of aromatic nitrogens is 4. The molecule has 1 aliphatic rings. The standard InChI is InChI=1S/C21H34F2N7O6P/c1-7-29(8-2)14-13-15(27-19(24)26-14)30(10-25-13)18-20(6,22)17(32)21(23,36-18)9-34-37(33)28-12(5)16(31)35-11(3)4/h10-12,17-18,32,37H,7-9H2,1-6H3,(H,28,33)(H2,24,26,27)/t12-,17-,18+,20+,21+/m0/s1. The maximum Gasteiger partial charge on any atom is 0.323 e. The van der Waals surface area contributed by atoms with Gasteiger partial charge in [0.05, 0.1) is 12.4 Å². The third-order valence-corrected chi connectivity index (χ3v) is 6.98. The zero-order valence-corrected chi connectivity index (χ0v) is 22.6. The van der Waals surface area contributed by atoms with E-state index in [9.17, 15) is 14.5 Å². The minimum Gasteiger partial charge on any atom is -0.462 e. The van der Waals surface area contributed by atoms with E-state index in [2.05, 4.69) is 20.0 Å². The molecule has 0 spiro atoms. The van der Waals surface area contributed by atoms with Crippen LogP contribution in [0.4, 0.5) is 20.5 Å². The Morgan fingerprint density at radius 2 is 2.00 bits per heavy atom. The van der Waals surface area contributed by atoms with E-state index in [1.54, 1.807) is 13.8 Å². The van der Waals surface area contributed by atoms with Gasteiger partial charge in [-0.2, -0.15) is 9.97 Å². The number of nitrogens with one attached hydrogen (secondary N) is 1. The molecule has 208 valence electrons. The van der Waals surface area contributed by atoms with Crippen LogP contribution in [0.15, 0.2) is 6.33 Å². The van der Waals surface area contributed by atoms with E-state index in [1.807, 2.05) is 18.7 Å². The second-order valence-electron chi connectivity index (χ2n) is 9.14. The van der Waals surface area contributed by atoms with Gasteiger partial charge in [-0.25, -0.2) is 18.9 Å². The molecule has 0 aliphatic carbocycles. The van der Waals surface area contributed by atoms with Gasteiger partial charge in [-0.3, -0.25) is 13.9 Å². The average Bonchev–Trinajstić information content (AvgIpc) is 3.30. The van der Waals surface area contributed by atoms with Crippen molar-refractivity contribution in [1.82, 2.24) is 24.6 Å². The van der Waals surface area contributed by atoms with Crippen LogP contribution in [0.2, 0.25) is 0 Å². The zero-order valence-electron chi connectivity index (χ0n) is 21.6. The summed E-state index contributed by atoms with van der Waals surface area (Å²) in [6, 6.07) is -1.01. The number of nitrogen functional groups attached to an aromatic ring is 1. The van der Waals surface area contributed by atoms with E-state index in [4.69, 9.17) is 19.7 Å². The third kappa shape index (κ3) is 5.85. The van der Waals surface area contributed by atoms with Crippen LogP contribution in [0, 0.1) is 0 Å². The molecule has 0 amide bonds. The number of hydrogen-bond donors (Lipinski definition) is 3. The van der Waals surface area contributed by atoms with Crippen LogP contribution in [-0.4, -0.2) is 80.1 Å². The first-order valence-electron chi connectivity index (χ1n) is 11.9. The monoisotopic (exact) mass is 549 g/mol. The third-order valence-electron chi connectivity index (χ3n) is 5.91. The van der Waals surface area contributed by atoms with E-state index in [0.29, 0.717) is 18.9 Å². The lowest BCUT2D eigenvalue weighted by molar-refractivity contribution is -0.201. The number of nitrogens with two attached hydrogens (primary N) is 1. The van der Waals surface area contributed by atoms with Gasteiger partial charge in [0.1, 0.15) is 12.6 Å². The van der Waals surface area contributed by atoms with Crippen LogP contribution in [0.5, 0.6) is 0 Å². The Bertz CT molecular complexity index is 1150. The fourth-order valence-corrected chi connectivity index (χ4v) is 4.86. The summed E-state index contributed by atoms with van der Waals surface area (Å²) in [7, 11) is -3.20. The summed E-state index contributed by atoms with van der Waals surface area (Å²) >= 11 is 0. The molecule has 3 heterocycles. The topological polar surface area (TPSA) is 167 Å². The quantitative estimate of drug-likeness (QED) is 0.275. The number of anilines is 2. The van der Waals surface area contributed by atoms with E-state index in [-0.39, 0.29) is 17.1 Å². The van der Waals surface area contributed by atoms with Crippen molar-refractivity contribution in [3.63, 3.8) is 0 Å². The minimum atomic E-state index is -3.20. The van der Waals surface area contributed by atoms with Crippen LogP contribution in [-0.2, 0) is 23.4 Å². The van der Waals surface area contributed by atoms with Gasteiger partial charge in [0.15, 0.2) is 35.0 Å². The van der Waals surface area contributed by atoms with Crippen molar-refractivity contribution in [2.45, 2.75) is 77.5 Å². The van der Waals surface area contributed by atoms with Crippen molar-refractivity contribution in [2.75, 3.05) is 30.3 Å². The smallest absolute Gasteiger partial charge is 0.323 e. The lowest BCUT2D eigenvalue weighted by Gasteiger charge is -2.25. The van der Waals surface area contributed by atoms with Crippen molar-refractivity contribution >= 4 is 37.1 Å². The molecular formula is C21H34F2N7O6P. The molecule has 1 fully saturated rings. The Kier molecular flexibility index (Phi) is 8.75. The number of halogens is 2. The number of alkyl halides is 2. The summed E-state index contributed by atoms with van der Waals surface area (Å²) < 4.78 is 60.2. The normalized spacial score (nSPS) is 27.5. The maximum atomic E-state index is 15.8. The predicted molar refractivity (Wildman–Crippen MR) is 132 cm³/mol. The summed E-state index contributed by atoms with van der Waals surface area (Å²) in [6.07, 6.45) is -3.25. The highest BCUT2D eigenvalue weighted by Gasteiger charge is 2.65. The SMILES string of the molecule is CCN(CC)c1nc(N)nc2c1ncn2[C@@H]1O[C@](F)(CO[PH](=O)N[C@@H](C)C(=O)OC(C)C)[C@@H](O)[C@@]1(C)F. The maximum absolute atomic E-state index is 15.8. The number of imidazole rings is 1. The Morgan fingerprint density at radius 3 is 2.59 bits per heavy atom. The minimum absolute atomic E-state index is 0.0772. The first-order chi connectivity index (χ1) is 17.2. The van der Waals surface area contributed by atoms with Crippen molar-refractivity contribution in [1.29, 1.82) is 0 Å². The van der Waals surface area contributed by atoms with Crippen molar-refractivity contribution in [3.8, 4) is 0 Å². The van der Waals surface area contributed by atoms with Crippen LogP contribution >= 0.6 is 8.18 Å². The van der Waals surface area contributed by atoms with Gasteiger partial charge in [0, 0.05) is 13.1 Å². The molecular weight excluding hydrogens is 515 g/mol. The summed E-state index contributed by atoms with van der Waals surface area (Å²) in [5, 5.41) is 12.9. The molecule has 6 atom stereocenters. The Labute approximate surface area is 213 Å². The average molecular weight is 550 g/mol. The summed E-state index contributed by atoms with van der Waals surface area (Å²) in [6.45, 7) is 9.54. The highest BCUT2D eigenvalue weighted by molar-refractivity contribution is 7.36. The largest absolute Gasteiger partial charge is 0.462 e. The van der Waals surface area contributed by atoms with E-state index < -0.39 is 56.8 Å². The molecule has 37 heavy (non-hydrogen) atoms. The molecule has 1 aliphatic heterocycles. The van der Waals surface area contributed by atoms with Crippen LogP contribution in [0.25, 0.3) is 11.2 Å². The number of rotatable bonds is 11. The molecule has 1 saturated heterocycles. The molecule has 4 N–H and O–H groups in total. The number of aliphatic hydroxyl groups is 1. The zero-order chi connectivity index (χ0) is 27.7. The molecule has 0 radical (unpaired) electrons. The Morgan fingerprint density at radius 1 is 1.35 bits per heavy atom. The molecule has 16 heteroatoms. The molecule has 3 rings (SSSR count). The van der Waals surface area contributed by atoms with Gasteiger partial charge in [-0.1, -0.05) is 0 Å². The number of ether oxygens (including phenoxy) is 2. The highest BCUT2D eigenvalue weighted by atomic mass is 31.1. The second-order valence-corrected chi connectivity index (χ2v) is 10.3. The van der Waals surface area contributed by atoms with Crippen LogP contribution in [0.3, 0.4) is 0 Å². The summed E-state index contributed by atoms with van der Waals surface area (Å²) in [4.78, 5) is 26.4. The number of aliphatic hydroxyl groups excluding tert-OH is 1. The van der Waals surface area contributed by atoms with Crippen molar-refractivity contribution < 1.29 is 37.2 Å². The Balaban J connectivity index is 1.82. The fraction of sp³-hybridized carbons (Fsp3) is 0.714. The Hall–Kier alpha value is -2.45. The van der Waals surface area contributed by atoms with Gasteiger partial charge in [0.2, 0.25) is 5.95 Å². The van der Waals surface area contributed by atoms with Gasteiger partial charge in [-0.15, -0.1) is 0 Å². The first kappa shape index (κ1) is 29.1. The lowest BCUT2D eigenvalue weighted by Crippen LogP contribution is -2.46. The number of carbonyl (C=O) groups excluding carboxylic acids is 1. The molecule has 0 aromatic carbocycles. The molecule has 1 unspecified atom stereocenters. The lowest BCUT2D eigenvalue weighted by atomic mass is 9.97. The first-order valence-corrected chi connectivity index (χ1v) is 13.2. The molecule has 2 aromatic heterocycles. The van der Waals surface area contributed by atoms with E-state index in [0.717, 1.165) is 11.5 Å². The second kappa shape index (κ2) is 11.1. The number of carbonyl (C=O) groups is 1. The molecule has 0 bridgehead atoms. The van der Waals surface area contributed by atoms with Crippen molar-refractivity contribution in [3.05, 3.63) is 6.33 Å².